The van der Waals surface area contributed by atoms with E-state index in [9.17, 15) is 59.6 Å². The number of phosphoric acid groups is 1. The highest BCUT2D eigenvalue weighted by molar-refractivity contribution is 7.45. The number of benzene rings is 1. The van der Waals surface area contributed by atoms with Crippen molar-refractivity contribution < 1.29 is 73.3 Å². The van der Waals surface area contributed by atoms with Crippen molar-refractivity contribution in [1.82, 2.24) is 9.97 Å². The second-order valence-electron chi connectivity index (χ2n) is 12.7. The number of anilines is 4. The van der Waals surface area contributed by atoms with Crippen LogP contribution in [-0.2, 0) is 39.1 Å². The number of ether oxygens (including phenoxy) is 2. The maximum absolute atomic E-state index is 12.3. The zero-order valence-corrected chi connectivity index (χ0v) is 29.3. The van der Waals surface area contributed by atoms with Crippen LogP contribution in [0.25, 0.3) is 0 Å². The number of hydrogen-bond donors (Lipinski definition) is 10. The molecule has 1 fully saturated rings. The number of carboxylic acid groups (broad SMARTS) is 2. The fourth-order valence-corrected chi connectivity index (χ4v) is 6.58. The maximum atomic E-state index is 12.3. The Morgan fingerprint density at radius 2 is 1.79 bits per heavy atom. The summed E-state index contributed by atoms with van der Waals surface area (Å²) in [5.74, 6) is -3.35. The number of aromatic amines is 1. The van der Waals surface area contributed by atoms with E-state index in [1.165, 1.54) is 0 Å². The summed E-state index contributed by atoms with van der Waals surface area (Å²) in [4.78, 5) is 52.6. The van der Waals surface area contributed by atoms with Crippen LogP contribution in [0, 0.1) is 0 Å². The van der Waals surface area contributed by atoms with Gasteiger partial charge in [-0.05, 0) is 44.4 Å². The van der Waals surface area contributed by atoms with Crippen LogP contribution in [0.4, 0.5) is 23.1 Å². The average Bonchev–Trinajstić information content (AvgIpc) is 3.35. The number of aliphatic hydroxyl groups excluding tert-OH is 5. The van der Waals surface area contributed by atoms with Gasteiger partial charge in [-0.3, -0.25) is 14.3 Å². The van der Waals surface area contributed by atoms with Gasteiger partial charge in [0.2, 0.25) is 5.95 Å². The van der Waals surface area contributed by atoms with E-state index in [4.69, 9.17) is 15.2 Å². The molecule has 0 aliphatic carbocycles. The van der Waals surface area contributed by atoms with Gasteiger partial charge in [-0.25, -0.2) is 0 Å². The Labute approximate surface area is 301 Å². The van der Waals surface area contributed by atoms with E-state index >= 15 is 0 Å². The quantitative estimate of drug-likeness (QED) is 0.0596. The molecule has 1 saturated heterocycles. The van der Waals surface area contributed by atoms with E-state index in [1.54, 1.807) is 24.3 Å². The topological polar surface area (TPSA) is 366 Å². The van der Waals surface area contributed by atoms with Gasteiger partial charge in [-0.2, -0.15) is 4.98 Å². The van der Waals surface area contributed by atoms with Crippen molar-refractivity contribution in [3.05, 3.63) is 40.2 Å². The third kappa shape index (κ3) is 11.3. The number of fused-ring (bicyclic) bond motifs is 1. The minimum Gasteiger partial charge on any atom is -0.756 e. The molecule has 1 aromatic carbocycles. The third-order valence-corrected chi connectivity index (χ3v) is 9.53. The molecule has 2 aliphatic rings. The number of nitrogens with one attached hydrogen (secondary N) is 4. The number of carbonyl (C=O) groups excluding carboxylic acids is 2. The second-order valence-corrected chi connectivity index (χ2v) is 14.0. The van der Waals surface area contributed by atoms with Gasteiger partial charge in [0.15, 0.2) is 12.1 Å². The van der Waals surface area contributed by atoms with E-state index in [0.717, 1.165) is 5.69 Å². The molecule has 2 aromatic rings. The molecule has 12 atom stereocenters. The fraction of sp³-hybridized carbons (Fsp3) is 0.600. The lowest BCUT2D eigenvalue weighted by Gasteiger charge is -2.37. The Bertz CT molecular complexity index is 1670. The molecule has 0 radical (unpaired) electrons. The number of carbonyl (C=O) groups is 2. The molecule has 0 amide bonds. The molecule has 3 heterocycles. The molecular weight excluding hydrogens is 731 g/mol. The summed E-state index contributed by atoms with van der Waals surface area (Å²) in [6.07, 6.45) is -15.7. The normalized spacial score (nSPS) is 26.5. The summed E-state index contributed by atoms with van der Waals surface area (Å²) in [5.41, 5.74) is 6.82. The first kappa shape index (κ1) is 41.8. The van der Waals surface area contributed by atoms with E-state index in [0.29, 0.717) is 11.4 Å². The Morgan fingerprint density at radius 1 is 1.11 bits per heavy atom. The number of aliphatic hydroxyl groups is 5. The number of aromatic nitrogens is 2. The Kier molecular flexibility index (Phi) is 14.1. The number of carboxylic acids is 2. The summed E-state index contributed by atoms with van der Waals surface area (Å²) in [5, 5.41) is 83.4. The largest absolute Gasteiger partial charge is 0.756 e. The molecule has 0 spiro atoms. The van der Waals surface area contributed by atoms with E-state index < -0.39 is 100 Å². The number of aliphatic carboxylic acids is 2. The second kappa shape index (κ2) is 17.9. The number of nitrogens with two attached hydrogens (primary N) is 1. The number of nitrogens with zero attached hydrogens (tertiary/aromatic N) is 1. The van der Waals surface area contributed by atoms with Crippen LogP contribution in [0.1, 0.15) is 32.3 Å². The molecule has 23 heteroatoms. The summed E-state index contributed by atoms with van der Waals surface area (Å²) in [7, 11) is -5.42. The highest BCUT2D eigenvalue weighted by atomic mass is 31.2. The minimum atomic E-state index is -5.42. The lowest BCUT2D eigenvalue weighted by Crippen LogP contribution is -2.51. The van der Waals surface area contributed by atoms with Gasteiger partial charge < -0.3 is 90.4 Å². The van der Waals surface area contributed by atoms with Crippen LogP contribution in [0.2, 0.25) is 0 Å². The summed E-state index contributed by atoms with van der Waals surface area (Å²) in [6, 6.07) is 6.34. The van der Waals surface area contributed by atoms with Crippen molar-refractivity contribution in [2.45, 2.75) is 100 Å². The predicted octanol–water partition coefficient (Wildman–Crippen LogP) is -5.31. The van der Waals surface area contributed by atoms with Gasteiger partial charge in [-0.1, -0.05) is 12.1 Å². The lowest BCUT2D eigenvalue weighted by atomic mass is 9.98. The van der Waals surface area contributed by atoms with Crippen molar-refractivity contribution in [1.29, 1.82) is 0 Å². The van der Waals surface area contributed by atoms with Crippen molar-refractivity contribution >= 4 is 42.9 Å². The average molecular weight is 774 g/mol. The Balaban J connectivity index is 1.22. The SMILES string of the molecule is C[C@@H]1Nc2nc(N)[nH]c(=O)c2N[C@H]1[C@@H](C)Nc1ccc(C[C@H](O)[C@H](O)[C@H](O)CO[C@H]2O[C@H](COP(=O)([O-])O[C@@H](CCC(=O)[O-])C(=O)[O-])[C@@H](O)[C@H]2O)cc1. The molecule has 1 unspecified atom stereocenters. The Morgan fingerprint density at radius 3 is 2.43 bits per heavy atom. The zero-order chi connectivity index (χ0) is 39.2. The van der Waals surface area contributed by atoms with Gasteiger partial charge in [-0.15, -0.1) is 0 Å². The third-order valence-electron chi connectivity index (χ3n) is 8.55. The molecule has 22 nitrogen and oxygen atoms in total. The lowest BCUT2D eigenvalue weighted by molar-refractivity contribution is -0.319. The van der Waals surface area contributed by atoms with Crippen molar-refractivity contribution in [2.75, 3.05) is 34.9 Å². The summed E-state index contributed by atoms with van der Waals surface area (Å²) < 4.78 is 31.4. The summed E-state index contributed by atoms with van der Waals surface area (Å²) in [6.45, 7) is 2.14. The van der Waals surface area contributed by atoms with Crippen LogP contribution in [-0.4, -0.2) is 128 Å². The number of nitrogen functional groups attached to an aromatic ring is 1. The van der Waals surface area contributed by atoms with E-state index in [-0.39, 0.29) is 36.2 Å². The van der Waals surface area contributed by atoms with Crippen molar-refractivity contribution in [3.8, 4) is 0 Å². The molecule has 11 N–H and O–H groups in total. The van der Waals surface area contributed by atoms with Crippen molar-refractivity contribution in [2.24, 2.45) is 0 Å². The molecular formula is C30H42N6O16P-3. The minimum absolute atomic E-state index is 0.00439. The molecule has 296 valence electrons. The Hall–Kier alpha value is -3.93. The number of H-pyrrole nitrogens is 1. The van der Waals surface area contributed by atoms with Crippen molar-refractivity contribution in [3.63, 3.8) is 0 Å². The molecule has 53 heavy (non-hydrogen) atoms. The van der Waals surface area contributed by atoms with E-state index in [1.807, 2.05) is 13.8 Å². The first-order valence-corrected chi connectivity index (χ1v) is 17.8. The summed E-state index contributed by atoms with van der Waals surface area (Å²) >= 11 is 0. The number of phosphoric ester groups is 1. The zero-order valence-electron chi connectivity index (χ0n) is 28.4. The number of hydrogen-bond acceptors (Lipinski definition) is 21. The fourth-order valence-electron chi connectivity index (χ4n) is 5.69. The molecule has 2 aliphatic heterocycles. The van der Waals surface area contributed by atoms with Gasteiger partial charge >= 0.3 is 0 Å². The van der Waals surface area contributed by atoms with Gasteiger partial charge in [0.25, 0.3) is 13.4 Å². The molecule has 0 bridgehead atoms. The highest BCUT2D eigenvalue weighted by Gasteiger charge is 2.44. The van der Waals surface area contributed by atoms with E-state index in [2.05, 4.69) is 35.0 Å². The molecule has 1 aromatic heterocycles. The standard InChI is InChI=1S/C30H45N6O16P/c1-12(21-13(2)33-26-22(34-21)27(44)36-30(31)35-26)32-15-5-3-14(4-6-15)9-16(37)23(41)17(38)10-49-29-25(43)24(42)19(51-29)11-50-53(47,48)52-18(28(45)46)7-8-20(39)40/h3-6,12-13,16-19,21,23-25,29,32,34,37-38,41-43H,7-11H2,1-2H3,(H,39,40)(H,45,46)(H,47,48)(H4,31,33,35,36,44)/p-3/t12-,13+,16+,17-,18+,19-,21+,23+,24-,25-,29+/m1/s1. The van der Waals surface area contributed by atoms with Crippen LogP contribution in [0.3, 0.4) is 0 Å². The van der Waals surface area contributed by atoms with Crippen LogP contribution in [0.15, 0.2) is 29.1 Å². The van der Waals surface area contributed by atoms with Gasteiger partial charge in [0, 0.05) is 30.2 Å². The molecule has 0 saturated carbocycles. The first-order valence-electron chi connectivity index (χ1n) is 16.4. The van der Waals surface area contributed by atoms with Crippen LogP contribution in [0.5, 0.6) is 0 Å². The molecule has 4 rings (SSSR count). The van der Waals surface area contributed by atoms with Gasteiger partial charge in [0.1, 0.15) is 42.3 Å². The predicted molar refractivity (Wildman–Crippen MR) is 175 cm³/mol. The highest BCUT2D eigenvalue weighted by Crippen LogP contribution is 2.41. The monoisotopic (exact) mass is 773 g/mol. The first-order chi connectivity index (χ1) is 24.8. The number of rotatable bonds is 19. The van der Waals surface area contributed by atoms with Gasteiger partial charge in [0.05, 0.1) is 31.3 Å². The maximum Gasteiger partial charge on any atom is 0.277 e. The van der Waals surface area contributed by atoms with Crippen LogP contribution < -0.4 is 42.3 Å². The smallest absolute Gasteiger partial charge is 0.277 e. The van der Waals surface area contributed by atoms with Crippen LogP contribution >= 0.6 is 7.82 Å².